The van der Waals surface area contributed by atoms with Crippen LogP contribution in [0.3, 0.4) is 0 Å². The van der Waals surface area contributed by atoms with Crippen molar-refractivity contribution in [1.29, 1.82) is 0 Å². The molecule has 0 fully saturated rings. The van der Waals surface area contributed by atoms with Crippen LogP contribution in [0.1, 0.15) is 31.8 Å². The Morgan fingerprint density at radius 3 is 2.58 bits per heavy atom. The highest BCUT2D eigenvalue weighted by atomic mass is 16.6. The van der Waals surface area contributed by atoms with E-state index in [9.17, 15) is 24.5 Å². The number of aryl methyl sites for hydroxylation is 2. The fourth-order valence-electron chi connectivity index (χ4n) is 2.82. The summed E-state index contributed by atoms with van der Waals surface area (Å²) in [7, 11) is 0. The van der Waals surface area contributed by atoms with E-state index in [-0.39, 0.29) is 11.1 Å². The molecule has 0 atom stereocenters. The third kappa shape index (κ3) is 2.92. The maximum absolute atomic E-state index is 12.5. The van der Waals surface area contributed by atoms with Crippen molar-refractivity contribution in [3.8, 4) is 0 Å². The van der Waals surface area contributed by atoms with E-state index in [1.807, 2.05) is 26.0 Å². The Bertz CT molecular complexity index is 967. The second-order valence-corrected chi connectivity index (χ2v) is 6.02. The molecule has 1 heterocycles. The van der Waals surface area contributed by atoms with Crippen molar-refractivity contribution in [2.24, 2.45) is 0 Å². The maximum atomic E-state index is 12.5. The quantitative estimate of drug-likeness (QED) is 0.516. The second kappa shape index (κ2) is 6.40. The first-order valence-electron chi connectivity index (χ1n) is 7.80. The van der Waals surface area contributed by atoms with Crippen molar-refractivity contribution in [1.82, 2.24) is 4.90 Å². The minimum Gasteiger partial charge on any atom is -0.324 e. The van der Waals surface area contributed by atoms with Gasteiger partial charge in [0.25, 0.3) is 17.5 Å². The third-order valence-electron chi connectivity index (χ3n) is 4.14. The van der Waals surface area contributed by atoms with E-state index in [1.165, 1.54) is 12.1 Å². The lowest BCUT2D eigenvalue weighted by atomic mass is 10.1. The van der Waals surface area contributed by atoms with E-state index >= 15 is 0 Å². The number of amides is 3. The summed E-state index contributed by atoms with van der Waals surface area (Å²) < 4.78 is 0. The number of nitro benzene ring substituents is 1. The number of nitrogens with one attached hydrogen (secondary N) is 1. The fraction of sp³-hybridized carbons (Fsp3) is 0.167. The van der Waals surface area contributed by atoms with Crippen LogP contribution in [-0.4, -0.2) is 34.1 Å². The molecule has 8 nitrogen and oxygen atoms in total. The number of nitro groups is 1. The lowest BCUT2D eigenvalue weighted by molar-refractivity contribution is -0.385. The van der Waals surface area contributed by atoms with Crippen LogP contribution in [0.5, 0.6) is 0 Å². The van der Waals surface area contributed by atoms with E-state index in [4.69, 9.17) is 0 Å². The monoisotopic (exact) mass is 353 g/mol. The number of fused-ring (bicyclic) bond motifs is 1. The van der Waals surface area contributed by atoms with Gasteiger partial charge in [-0.1, -0.05) is 18.2 Å². The molecule has 26 heavy (non-hydrogen) atoms. The van der Waals surface area contributed by atoms with E-state index in [1.54, 1.807) is 6.07 Å². The molecule has 2 aromatic rings. The Hall–Kier alpha value is -3.55. The summed E-state index contributed by atoms with van der Waals surface area (Å²) in [6.07, 6.45) is 0. The number of carbonyl (C=O) groups excluding carboxylic acids is 3. The van der Waals surface area contributed by atoms with E-state index < -0.39 is 34.9 Å². The summed E-state index contributed by atoms with van der Waals surface area (Å²) in [5, 5.41) is 13.8. The molecule has 3 amide bonds. The molecular formula is C18H15N3O5. The minimum atomic E-state index is -0.839. The first kappa shape index (κ1) is 17.3. The molecule has 0 spiro atoms. The average molecular weight is 353 g/mol. The fourth-order valence-corrected chi connectivity index (χ4v) is 2.82. The summed E-state index contributed by atoms with van der Waals surface area (Å²) in [6.45, 7) is 3.18. The summed E-state index contributed by atoms with van der Waals surface area (Å²) in [6, 6.07) is 9.35. The molecule has 0 radical (unpaired) electrons. The van der Waals surface area contributed by atoms with Gasteiger partial charge in [-0.25, -0.2) is 0 Å². The highest BCUT2D eigenvalue weighted by Crippen LogP contribution is 2.30. The average Bonchev–Trinajstić information content (AvgIpc) is 2.83. The van der Waals surface area contributed by atoms with Crippen molar-refractivity contribution in [3.63, 3.8) is 0 Å². The van der Waals surface area contributed by atoms with Crippen molar-refractivity contribution in [2.75, 3.05) is 11.9 Å². The normalized spacial score (nSPS) is 12.9. The Balaban J connectivity index is 1.83. The third-order valence-corrected chi connectivity index (χ3v) is 4.14. The van der Waals surface area contributed by atoms with Gasteiger partial charge in [-0.15, -0.1) is 0 Å². The van der Waals surface area contributed by atoms with Gasteiger partial charge in [-0.2, -0.15) is 0 Å². The molecule has 1 N–H and O–H groups in total. The molecule has 0 unspecified atom stereocenters. The zero-order chi connectivity index (χ0) is 19.0. The SMILES string of the molecule is Cc1ccc(C)c(NC(=O)CN2C(=O)c3cccc([N+](=O)[O-])c3C2=O)c1. The van der Waals surface area contributed by atoms with Gasteiger partial charge in [0.2, 0.25) is 5.91 Å². The van der Waals surface area contributed by atoms with Gasteiger partial charge in [0, 0.05) is 11.8 Å². The molecular weight excluding hydrogens is 338 g/mol. The zero-order valence-electron chi connectivity index (χ0n) is 14.1. The van der Waals surface area contributed by atoms with Crippen molar-refractivity contribution < 1.29 is 19.3 Å². The van der Waals surface area contributed by atoms with Crippen LogP contribution in [-0.2, 0) is 4.79 Å². The van der Waals surface area contributed by atoms with Gasteiger partial charge in [-0.3, -0.25) is 29.4 Å². The predicted octanol–water partition coefficient (Wildman–Crippen LogP) is 2.45. The molecule has 1 aliphatic rings. The highest BCUT2D eigenvalue weighted by Gasteiger charge is 2.41. The largest absolute Gasteiger partial charge is 0.324 e. The predicted molar refractivity (Wildman–Crippen MR) is 93.0 cm³/mol. The van der Waals surface area contributed by atoms with Gasteiger partial charge < -0.3 is 5.32 Å². The Labute approximate surface area is 148 Å². The molecule has 0 aromatic heterocycles. The number of carbonyl (C=O) groups is 3. The summed E-state index contributed by atoms with van der Waals surface area (Å²) in [5.74, 6) is -2.12. The molecule has 1 aliphatic heterocycles. The first-order chi connectivity index (χ1) is 12.3. The lowest BCUT2D eigenvalue weighted by Gasteiger charge is -2.14. The van der Waals surface area contributed by atoms with Crippen molar-refractivity contribution >= 4 is 29.1 Å². The van der Waals surface area contributed by atoms with Gasteiger partial charge in [0.15, 0.2) is 0 Å². The molecule has 0 saturated heterocycles. The molecule has 132 valence electrons. The zero-order valence-corrected chi connectivity index (χ0v) is 14.1. The molecule has 0 bridgehead atoms. The van der Waals surface area contributed by atoms with Crippen LogP contribution in [0.15, 0.2) is 36.4 Å². The second-order valence-electron chi connectivity index (χ2n) is 6.02. The molecule has 0 saturated carbocycles. The topological polar surface area (TPSA) is 110 Å². The number of hydrogen-bond donors (Lipinski definition) is 1. The molecule has 8 heteroatoms. The Morgan fingerprint density at radius 2 is 1.88 bits per heavy atom. The van der Waals surface area contributed by atoms with Crippen molar-refractivity contribution in [3.05, 3.63) is 68.8 Å². The maximum Gasteiger partial charge on any atom is 0.282 e. The number of rotatable bonds is 4. The van der Waals surface area contributed by atoms with Crippen molar-refractivity contribution in [2.45, 2.75) is 13.8 Å². The van der Waals surface area contributed by atoms with Crippen LogP contribution in [0.4, 0.5) is 11.4 Å². The van der Waals surface area contributed by atoms with Gasteiger partial charge >= 0.3 is 0 Å². The number of nitrogens with zero attached hydrogens (tertiary/aromatic N) is 2. The molecule has 0 aliphatic carbocycles. The first-order valence-corrected chi connectivity index (χ1v) is 7.80. The van der Waals surface area contributed by atoms with Crippen LogP contribution in [0, 0.1) is 24.0 Å². The minimum absolute atomic E-state index is 0.0660. The van der Waals surface area contributed by atoms with Crippen LogP contribution in [0.25, 0.3) is 0 Å². The number of benzene rings is 2. The number of hydrogen-bond acceptors (Lipinski definition) is 5. The highest BCUT2D eigenvalue weighted by molar-refractivity contribution is 6.24. The van der Waals surface area contributed by atoms with Crippen LogP contribution >= 0.6 is 0 Å². The van der Waals surface area contributed by atoms with E-state index in [0.29, 0.717) is 5.69 Å². The van der Waals surface area contributed by atoms with Gasteiger partial charge in [0.1, 0.15) is 12.1 Å². The van der Waals surface area contributed by atoms with Gasteiger partial charge in [-0.05, 0) is 37.1 Å². The Morgan fingerprint density at radius 1 is 1.15 bits per heavy atom. The summed E-state index contributed by atoms with van der Waals surface area (Å²) in [4.78, 5) is 48.3. The van der Waals surface area contributed by atoms with Crippen LogP contribution < -0.4 is 5.32 Å². The summed E-state index contributed by atoms with van der Waals surface area (Å²) in [5.41, 5.74) is 1.57. The Kier molecular flexibility index (Phi) is 4.25. The molecule has 3 rings (SSSR count). The van der Waals surface area contributed by atoms with E-state index in [2.05, 4.69) is 5.32 Å². The van der Waals surface area contributed by atoms with Gasteiger partial charge in [0.05, 0.1) is 10.5 Å². The van der Waals surface area contributed by atoms with Crippen LogP contribution in [0.2, 0.25) is 0 Å². The standard InChI is InChI=1S/C18H15N3O5/c1-10-6-7-11(2)13(8-10)19-15(22)9-20-17(23)12-4-3-5-14(21(25)26)16(12)18(20)24/h3-8H,9H2,1-2H3,(H,19,22). The number of anilines is 1. The summed E-state index contributed by atoms with van der Waals surface area (Å²) >= 11 is 0. The molecule has 2 aromatic carbocycles. The smallest absolute Gasteiger partial charge is 0.282 e. The van der Waals surface area contributed by atoms with E-state index in [0.717, 1.165) is 22.1 Å². The lowest BCUT2D eigenvalue weighted by Crippen LogP contribution is -2.37. The number of imide groups is 1.